The summed E-state index contributed by atoms with van der Waals surface area (Å²) in [5.41, 5.74) is 0.858. The SMILES string of the molecule is O=C1C[C@H](NC(=O)N(Cc2ccc(F)cc2)C2CCOCC2)CO1. The van der Waals surface area contributed by atoms with E-state index < -0.39 is 0 Å². The number of amides is 2. The minimum atomic E-state index is -0.303. The van der Waals surface area contributed by atoms with Gasteiger partial charge in [-0.05, 0) is 30.5 Å². The van der Waals surface area contributed by atoms with E-state index in [9.17, 15) is 14.0 Å². The first-order valence-electron chi connectivity index (χ1n) is 8.17. The molecule has 6 nitrogen and oxygen atoms in total. The third-order valence-corrected chi connectivity index (χ3v) is 4.34. The predicted molar refractivity (Wildman–Crippen MR) is 83.7 cm³/mol. The minimum Gasteiger partial charge on any atom is -0.463 e. The van der Waals surface area contributed by atoms with Crippen molar-refractivity contribution in [2.24, 2.45) is 0 Å². The number of urea groups is 1. The Kier molecular flexibility index (Phi) is 5.30. The highest BCUT2D eigenvalue weighted by molar-refractivity contribution is 5.78. The van der Waals surface area contributed by atoms with Gasteiger partial charge in [0.25, 0.3) is 0 Å². The molecule has 1 atom stereocenters. The molecule has 0 saturated carbocycles. The van der Waals surface area contributed by atoms with E-state index in [0.29, 0.717) is 19.8 Å². The minimum absolute atomic E-state index is 0.0572. The molecule has 2 fully saturated rings. The maximum atomic E-state index is 13.1. The number of nitrogens with zero attached hydrogens (tertiary/aromatic N) is 1. The van der Waals surface area contributed by atoms with Crippen LogP contribution in [0.25, 0.3) is 0 Å². The van der Waals surface area contributed by atoms with Crippen LogP contribution in [0.2, 0.25) is 0 Å². The molecule has 1 N–H and O–H groups in total. The van der Waals surface area contributed by atoms with Crippen LogP contribution in [0.1, 0.15) is 24.8 Å². The third kappa shape index (κ3) is 4.23. The summed E-state index contributed by atoms with van der Waals surface area (Å²) in [6, 6.07) is 5.67. The molecule has 2 heterocycles. The molecule has 2 aliphatic rings. The summed E-state index contributed by atoms with van der Waals surface area (Å²) in [4.78, 5) is 25.6. The number of carbonyl (C=O) groups excluding carboxylic acids is 2. The molecule has 0 aromatic heterocycles. The Morgan fingerprint density at radius 1 is 1.25 bits per heavy atom. The van der Waals surface area contributed by atoms with Gasteiger partial charge in [0.2, 0.25) is 0 Å². The van der Waals surface area contributed by atoms with E-state index in [2.05, 4.69) is 5.32 Å². The van der Waals surface area contributed by atoms with Crippen molar-refractivity contribution in [3.63, 3.8) is 0 Å². The van der Waals surface area contributed by atoms with Gasteiger partial charge < -0.3 is 19.7 Å². The van der Waals surface area contributed by atoms with Crippen LogP contribution in [0.15, 0.2) is 24.3 Å². The normalized spacial score (nSPS) is 21.4. The lowest BCUT2D eigenvalue weighted by Gasteiger charge is -2.35. The van der Waals surface area contributed by atoms with E-state index in [-0.39, 0.29) is 42.9 Å². The zero-order chi connectivity index (χ0) is 16.9. The lowest BCUT2D eigenvalue weighted by atomic mass is 10.1. The summed E-state index contributed by atoms with van der Waals surface area (Å²) in [7, 11) is 0. The van der Waals surface area contributed by atoms with E-state index in [1.165, 1.54) is 12.1 Å². The van der Waals surface area contributed by atoms with E-state index >= 15 is 0 Å². The molecule has 1 aromatic carbocycles. The Balaban J connectivity index is 1.69. The average molecular weight is 336 g/mol. The Hall–Kier alpha value is -2.15. The first-order valence-corrected chi connectivity index (χ1v) is 8.17. The van der Waals surface area contributed by atoms with E-state index in [1.54, 1.807) is 17.0 Å². The number of esters is 1. The zero-order valence-corrected chi connectivity index (χ0v) is 13.4. The largest absolute Gasteiger partial charge is 0.463 e. The van der Waals surface area contributed by atoms with Crippen LogP contribution in [-0.4, -0.2) is 48.8 Å². The summed E-state index contributed by atoms with van der Waals surface area (Å²) >= 11 is 0. The van der Waals surface area contributed by atoms with Gasteiger partial charge in [-0.1, -0.05) is 12.1 Å². The van der Waals surface area contributed by atoms with Crippen molar-refractivity contribution in [3.05, 3.63) is 35.6 Å². The van der Waals surface area contributed by atoms with Crippen molar-refractivity contribution in [2.75, 3.05) is 19.8 Å². The van der Waals surface area contributed by atoms with Crippen molar-refractivity contribution >= 4 is 12.0 Å². The molecular weight excluding hydrogens is 315 g/mol. The van der Waals surface area contributed by atoms with Gasteiger partial charge in [0.05, 0.1) is 12.5 Å². The van der Waals surface area contributed by atoms with Crippen molar-refractivity contribution in [3.8, 4) is 0 Å². The molecule has 0 spiro atoms. The van der Waals surface area contributed by atoms with Crippen LogP contribution in [0.5, 0.6) is 0 Å². The number of hydrogen-bond acceptors (Lipinski definition) is 4. The molecule has 0 aliphatic carbocycles. The molecule has 2 saturated heterocycles. The molecular formula is C17H21FN2O4. The van der Waals surface area contributed by atoms with Gasteiger partial charge >= 0.3 is 12.0 Å². The average Bonchev–Trinajstić information content (AvgIpc) is 3.00. The van der Waals surface area contributed by atoms with Gasteiger partial charge in [0, 0.05) is 25.8 Å². The molecule has 3 rings (SSSR count). The van der Waals surface area contributed by atoms with Gasteiger partial charge in [-0.15, -0.1) is 0 Å². The topological polar surface area (TPSA) is 67.9 Å². The van der Waals surface area contributed by atoms with Crippen molar-refractivity contribution in [1.82, 2.24) is 10.2 Å². The summed E-state index contributed by atoms with van der Waals surface area (Å²) in [5.74, 6) is -0.598. The second kappa shape index (κ2) is 7.61. The Morgan fingerprint density at radius 2 is 1.96 bits per heavy atom. The fourth-order valence-electron chi connectivity index (χ4n) is 3.01. The lowest BCUT2D eigenvalue weighted by molar-refractivity contribution is -0.137. The quantitative estimate of drug-likeness (QED) is 0.852. The fraction of sp³-hybridized carbons (Fsp3) is 0.529. The molecule has 130 valence electrons. The van der Waals surface area contributed by atoms with E-state index in [1.807, 2.05) is 0 Å². The van der Waals surface area contributed by atoms with E-state index in [0.717, 1.165) is 18.4 Å². The van der Waals surface area contributed by atoms with Crippen LogP contribution in [0, 0.1) is 5.82 Å². The Morgan fingerprint density at radius 3 is 2.58 bits per heavy atom. The summed E-state index contributed by atoms with van der Waals surface area (Å²) in [6.07, 6.45) is 1.72. The number of ether oxygens (including phenoxy) is 2. The molecule has 24 heavy (non-hydrogen) atoms. The smallest absolute Gasteiger partial charge is 0.318 e. The summed E-state index contributed by atoms with van der Waals surface area (Å²) in [5, 5.41) is 2.86. The Bertz CT molecular complexity index is 587. The van der Waals surface area contributed by atoms with Gasteiger partial charge in [0.1, 0.15) is 12.4 Å². The van der Waals surface area contributed by atoms with E-state index in [4.69, 9.17) is 9.47 Å². The molecule has 0 bridgehead atoms. The molecule has 1 aromatic rings. The van der Waals surface area contributed by atoms with Crippen molar-refractivity contribution < 1.29 is 23.5 Å². The number of hydrogen-bond donors (Lipinski definition) is 1. The van der Waals surface area contributed by atoms with Gasteiger partial charge in [0.15, 0.2) is 0 Å². The number of halogens is 1. The molecule has 7 heteroatoms. The van der Waals surface area contributed by atoms with Crippen molar-refractivity contribution in [2.45, 2.75) is 37.9 Å². The molecule has 0 radical (unpaired) electrons. The fourth-order valence-corrected chi connectivity index (χ4v) is 3.01. The Labute approximate surface area is 139 Å². The maximum Gasteiger partial charge on any atom is 0.318 e. The van der Waals surface area contributed by atoms with Crippen LogP contribution < -0.4 is 5.32 Å². The molecule has 2 aliphatic heterocycles. The highest BCUT2D eigenvalue weighted by Crippen LogP contribution is 2.19. The number of carbonyl (C=O) groups is 2. The van der Waals surface area contributed by atoms with Crippen LogP contribution in [0.4, 0.5) is 9.18 Å². The standard InChI is InChI=1S/C17H21FN2O4/c18-13-3-1-12(2-4-13)10-20(15-5-7-23-8-6-15)17(22)19-14-9-16(21)24-11-14/h1-4,14-15H,5-11H2,(H,19,22)/t14-/m0/s1. The number of benzene rings is 1. The van der Waals surface area contributed by atoms with Gasteiger partial charge in [-0.3, -0.25) is 4.79 Å². The van der Waals surface area contributed by atoms with Crippen LogP contribution >= 0.6 is 0 Å². The van der Waals surface area contributed by atoms with Gasteiger partial charge in [-0.25, -0.2) is 9.18 Å². The highest BCUT2D eigenvalue weighted by Gasteiger charge is 2.30. The molecule has 2 amide bonds. The second-order valence-corrected chi connectivity index (χ2v) is 6.13. The molecule has 0 unspecified atom stereocenters. The van der Waals surface area contributed by atoms with Crippen molar-refractivity contribution in [1.29, 1.82) is 0 Å². The second-order valence-electron chi connectivity index (χ2n) is 6.13. The highest BCUT2D eigenvalue weighted by atomic mass is 19.1. The predicted octanol–water partition coefficient (Wildman–Crippen LogP) is 1.83. The summed E-state index contributed by atoms with van der Waals surface area (Å²) in [6.45, 7) is 1.83. The number of rotatable bonds is 4. The number of cyclic esters (lactones) is 1. The van der Waals surface area contributed by atoms with Crippen LogP contribution in [-0.2, 0) is 20.8 Å². The first-order chi connectivity index (χ1) is 11.6. The monoisotopic (exact) mass is 336 g/mol. The first kappa shape index (κ1) is 16.7. The zero-order valence-electron chi connectivity index (χ0n) is 13.4. The van der Waals surface area contributed by atoms with Gasteiger partial charge in [-0.2, -0.15) is 0 Å². The maximum absolute atomic E-state index is 13.1. The van der Waals surface area contributed by atoms with Crippen LogP contribution in [0.3, 0.4) is 0 Å². The number of nitrogens with one attached hydrogen (secondary N) is 1. The lowest BCUT2D eigenvalue weighted by Crippen LogP contribution is -2.50. The third-order valence-electron chi connectivity index (χ3n) is 4.34. The summed E-state index contributed by atoms with van der Waals surface area (Å²) < 4.78 is 23.3.